The van der Waals surface area contributed by atoms with E-state index >= 15 is 0 Å². The molecule has 5 heteroatoms. The summed E-state index contributed by atoms with van der Waals surface area (Å²) in [6.45, 7) is 11.9. The summed E-state index contributed by atoms with van der Waals surface area (Å²) >= 11 is 0. The predicted molar refractivity (Wildman–Crippen MR) is 119 cm³/mol. The van der Waals surface area contributed by atoms with E-state index in [0.29, 0.717) is 6.04 Å². The SMILES string of the molecule is CC(C)(CN1CCC(N2CCN(c3ccc(F)cc3)CC2)CC1)c1ccc(F)cc1. The van der Waals surface area contributed by atoms with Crippen molar-refractivity contribution in [3.63, 3.8) is 0 Å². The zero-order chi connectivity index (χ0) is 21.1. The number of hydrogen-bond acceptors (Lipinski definition) is 3. The molecule has 2 heterocycles. The molecule has 0 spiro atoms. The van der Waals surface area contributed by atoms with Gasteiger partial charge in [0, 0.05) is 49.9 Å². The Hall–Kier alpha value is -1.98. The molecule has 0 bridgehead atoms. The molecule has 0 N–H and O–H groups in total. The van der Waals surface area contributed by atoms with Crippen molar-refractivity contribution < 1.29 is 8.78 Å². The second-order valence-corrected chi connectivity index (χ2v) is 9.40. The Labute approximate surface area is 179 Å². The van der Waals surface area contributed by atoms with Crippen LogP contribution in [0.1, 0.15) is 32.3 Å². The van der Waals surface area contributed by atoms with Crippen LogP contribution in [0.25, 0.3) is 0 Å². The van der Waals surface area contributed by atoms with E-state index in [9.17, 15) is 8.78 Å². The van der Waals surface area contributed by atoms with E-state index in [1.54, 1.807) is 24.3 Å². The maximum Gasteiger partial charge on any atom is 0.123 e. The third-order valence-corrected chi connectivity index (χ3v) is 6.82. The lowest BCUT2D eigenvalue weighted by Gasteiger charge is -2.44. The molecule has 0 aromatic heterocycles. The minimum absolute atomic E-state index is 0.0152. The fraction of sp³-hybridized carbons (Fsp3) is 0.520. The summed E-state index contributed by atoms with van der Waals surface area (Å²) in [5.74, 6) is -0.346. The molecule has 30 heavy (non-hydrogen) atoms. The molecule has 2 aromatic carbocycles. The molecule has 2 aromatic rings. The molecule has 0 radical (unpaired) electrons. The summed E-state index contributed by atoms with van der Waals surface area (Å²) in [6, 6.07) is 14.5. The molecule has 2 aliphatic rings. The second kappa shape index (κ2) is 9.03. The van der Waals surface area contributed by atoms with Crippen molar-refractivity contribution in [3.8, 4) is 0 Å². The minimum atomic E-state index is -0.174. The first-order valence-corrected chi connectivity index (χ1v) is 11.1. The van der Waals surface area contributed by atoms with E-state index in [4.69, 9.17) is 0 Å². The number of piperidine rings is 1. The maximum absolute atomic E-state index is 13.3. The molecule has 0 amide bonds. The normalized spacial score (nSPS) is 19.9. The van der Waals surface area contributed by atoms with Crippen molar-refractivity contribution in [1.82, 2.24) is 9.80 Å². The van der Waals surface area contributed by atoms with Crippen LogP contribution in [0.2, 0.25) is 0 Å². The summed E-state index contributed by atoms with van der Waals surface area (Å²) in [7, 11) is 0. The third kappa shape index (κ3) is 5.01. The van der Waals surface area contributed by atoms with Gasteiger partial charge >= 0.3 is 0 Å². The van der Waals surface area contributed by atoms with Gasteiger partial charge in [0.25, 0.3) is 0 Å². The number of nitrogens with zero attached hydrogens (tertiary/aromatic N) is 3. The van der Waals surface area contributed by atoms with Gasteiger partial charge in [-0.15, -0.1) is 0 Å². The lowest BCUT2D eigenvalue weighted by Crippen LogP contribution is -2.54. The van der Waals surface area contributed by atoms with Gasteiger partial charge in [0.15, 0.2) is 0 Å². The van der Waals surface area contributed by atoms with Crippen LogP contribution in [0.5, 0.6) is 0 Å². The van der Waals surface area contributed by atoms with E-state index < -0.39 is 0 Å². The van der Waals surface area contributed by atoms with Gasteiger partial charge in [-0.05, 0) is 67.9 Å². The van der Waals surface area contributed by atoms with Crippen LogP contribution in [0.15, 0.2) is 48.5 Å². The Balaban J connectivity index is 1.25. The van der Waals surface area contributed by atoms with E-state index in [1.165, 1.54) is 18.4 Å². The number of piperazine rings is 1. The first kappa shape index (κ1) is 21.3. The van der Waals surface area contributed by atoms with E-state index in [-0.39, 0.29) is 17.0 Å². The average Bonchev–Trinajstić information content (AvgIpc) is 2.75. The summed E-state index contributed by atoms with van der Waals surface area (Å²) < 4.78 is 26.4. The number of hydrogen-bond donors (Lipinski definition) is 0. The lowest BCUT2D eigenvalue weighted by molar-refractivity contribution is 0.0931. The van der Waals surface area contributed by atoms with Gasteiger partial charge in [-0.25, -0.2) is 8.78 Å². The van der Waals surface area contributed by atoms with E-state index in [2.05, 4.69) is 28.5 Å². The van der Waals surface area contributed by atoms with Crippen molar-refractivity contribution in [2.45, 2.75) is 38.1 Å². The Morgan fingerprint density at radius 3 is 1.87 bits per heavy atom. The zero-order valence-electron chi connectivity index (χ0n) is 18.2. The van der Waals surface area contributed by atoms with Crippen molar-refractivity contribution in [1.29, 1.82) is 0 Å². The number of likely N-dealkylation sites (tertiary alicyclic amines) is 1. The standard InChI is InChI=1S/C25H33F2N3/c1-25(2,20-3-5-21(26)6-4-20)19-28-13-11-24(12-14-28)30-17-15-29(16-18-30)23-9-7-22(27)8-10-23/h3-10,24H,11-19H2,1-2H3. The van der Waals surface area contributed by atoms with Gasteiger partial charge < -0.3 is 9.80 Å². The summed E-state index contributed by atoms with van der Waals surface area (Å²) in [5.41, 5.74) is 2.33. The number of halogens is 2. The molecule has 4 rings (SSSR count). The first-order chi connectivity index (χ1) is 14.4. The highest BCUT2D eigenvalue weighted by molar-refractivity contribution is 5.46. The van der Waals surface area contributed by atoms with Gasteiger partial charge in [-0.1, -0.05) is 26.0 Å². The van der Waals surface area contributed by atoms with Crippen LogP contribution in [0, 0.1) is 11.6 Å². The number of anilines is 1. The monoisotopic (exact) mass is 413 g/mol. The molecule has 2 fully saturated rings. The van der Waals surface area contributed by atoms with Crippen molar-refractivity contribution in [3.05, 3.63) is 65.7 Å². The fourth-order valence-corrected chi connectivity index (χ4v) is 4.99. The molecular weight excluding hydrogens is 380 g/mol. The van der Waals surface area contributed by atoms with E-state index in [0.717, 1.165) is 51.5 Å². The highest BCUT2D eigenvalue weighted by Crippen LogP contribution is 2.27. The average molecular weight is 414 g/mol. The topological polar surface area (TPSA) is 9.72 Å². The largest absolute Gasteiger partial charge is 0.369 e. The summed E-state index contributed by atoms with van der Waals surface area (Å²) in [4.78, 5) is 7.56. The van der Waals surface area contributed by atoms with Gasteiger partial charge in [0.1, 0.15) is 11.6 Å². The quantitative estimate of drug-likeness (QED) is 0.713. The molecular formula is C25H33F2N3. The highest BCUT2D eigenvalue weighted by atomic mass is 19.1. The Bertz CT molecular complexity index is 803. The third-order valence-electron chi connectivity index (χ3n) is 6.82. The smallest absolute Gasteiger partial charge is 0.123 e. The Kier molecular flexibility index (Phi) is 6.40. The van der Waals surface area contributed by atoms with Gasteiger partial charge in [-0.3, -0.25) is 4.90 Å². The van der Waals surface area contributed by atoms with Crippen LogP contribution in [-0.2, 0) is 5.41 Å². The Morgan fingerprint density at radius 1 is 0.767 bits per heavy atom. The molecule has 162 valence electrons. The van der Waals surface area contributed by atoms with Crippen LogP contribution in [-0.4, -0.2) is 61.7 Å². The van der Waals surface area contributed by atoms with E-state index in [1.807, 2.05) is 24.3 Å². The van der Waals surface area contributed by atoms with Crippen LogP contribution < -0.4 is 4.90 Å². The summed E-state index contributed by atoms with van der Waals surface area (Å²) in [5, 5.41) is 0. The summed E-state index contributed by atoms with van der Waals surface area (Å²) in [6.07, 6.45) is 2.41. The van der Waals surface area contributed by atoms with Crippen molar-refractivity contribution in [2.24, 2.45) is 0 Å². The lowest BCUT2D eigenvalue weighted by atomic mass is 9.83. The number of benzene rings is 2. The molecule has 0 unspecified atom stereocenters. The van der Waals surface area contributed by atoms with Gasteiger partial charge in [0.05, 0.1) is 0 Å². The number of rotatable bonds is 5. The minimum Gasteiger partial charge on any atom is -0.369 e. The predicted octanol–water partition coefficient (Wildman–Crippen LogP) is 4.53. The molecule has 2 saturated heterocycles. The molecule has 0 saturated carbocycles. The first-order valence-electron chi connectivity index (χ1n) is 11.1. The molecule has 0 atom stereocenters. The maximum atomic E-state index is 13.3. The van der Waals surface area contributed by atoms with Crippen LogP contribution in [0.3, 0.4) is 0 Å². The zero-order valence-corrected chi connectivity index (χ0v) is 18.2. The van der Waals surface area contributed by atoms with Crippen LogP contribution >= 0.6 is 0 Å². The Morgan fingerprint density at radius 2 is 1.30 bits per heavy atom. The van der Waals surface area contributed by atoms with Crippen LogP contribution in [0.4, 0.5) is 14.5 Å². The molecule has 3 nitrogen and oxygen atoms in total. The van der Waals surface area contributed by atoms with Gasteiger partial charge in [-0.2, -0.15) is 0 Å². The fourth-order valence-electron chi connectivity index (χ4n) is 4.99. The van der Waals surface area contributed by atoms with Gasteiger partial charge in [0.2, 0.25) is 0 Å². The van der Waals surface area contributed by atoms with Crippen molar-refractivity contribution in [2.75, 3.05) is 50.7 Å². The van der Waals surface area contributed by atoms with Crippen molar-refractivity contribution >= 4 is 5.69 Å². The molecule has 2 aliphatic heterocycles. The highest BCUT2D eigenvalue weighted by Gasteiger charge is 2.30. The molecule has 0 aliphatic carbocycles. The second-order valence-electron chi connectivity index (χ2n) is 9.40.